The van der Waals surface area contributed by atoms with Crippen LogP contribution in [0.25, 0.3) is 0 Å². The molecule has 0 aromatic heterocycles. The molecule has 0 spiro atoms. The third kappa shape index (κ3) is 4.36. The lowest BCUT2D eigenvalue weighted by molar-refractivity contribution is 0.102. The van der Waals surface area contributed by atoms with Crippen LogP contribution in [0.5, 0.6) is 0 Å². The van der Waals surface area contributed by atoms with E-state index in [1.54, 1.807) is 36.4 Å². The van der Waals surface area contributed by atoms with Crippen molar-refractivity contribution in [2.24, 2.45) is 0 Å². The van der Waals surface area contributed by atoms with Crippen molar-refractivity contribution in [3.05, 3.63) is 201 Å². The molecule has 0 amide bonds. The summed E-state index contributed by atoms with van der Waals surface area (Å²) in [5, 5.41) is 0. The molecule has 0 fully saturated rings. The Kier molecular flexibility index (Phi) is 6.71. The number of nitrogens with two attached hydrogens (primary N) is 2. The van der Waals surface area contributed by atoms with Crippen LogP contribution in [-0.4, -0.2) is 17.3 Å². The van der Waals surface area contributed by atoms with Crippen molar-refractivity contribution in [2.75, 3.05) is 11.5 Å². The molecule has 0 atom stereocenters. The second kappa shape index (κ2) is 10.9. The van der Waals surface area contributed by atoms with Crippen molar-refractivity contribution >= 4 is 28.7 Å². The summed E-state index contributed by atoms with van der Waals surface area (Å²) in [7, 11) is 0. The Bertz CT molecular complexity index is 1980. The van der Waals surface area contributed by atoms with Crippen LogP contribution in [0.2, 0.25) is 0 Å². The Morgan fingerprint density at radius 1 is 0.467 bits per heavy atom. The average molecular weight is 585 g/mol. The lowest BCUT2D eigenvalue weighted by Gasteiger charge is -2.42. The highest BCUT2D eigenvalue weighted by molar-refractivity contribution is 6.15. The van der Waals surface area contributed by atoms with E-state index in [0.717, 1.165) is 22.3 Å². The molecule has 1 aliphatic rings. The first-order valence-electron chi connectivity index (χ1n) is 14.6. The van der Waals surface area contributed by atoms with Crippen LogP contribution in [0, 0.1) is 0 Å². The summed E-state index contributed by atoms with van der Waals surface area (Å²) < 4.78 is 0. The maximum absolute atomic E-state index is 13.9. The molecule has 4 N–H and O–H groups in total. The number of benzene rings is 6. The Hall–Kier alpha value is -6.07. The fourth-order valence-corrected chi connectivity index (χ4v) is 6.56. The molecule has 5 nitrogen and oxygen atoms in total. The maximum Gasteiger partial charge on any atom is 0.195 e. The van der Waals surface area contributed by atoms with E-state index in [1.807, 2.05) is 109 Å². The Morgan fingerprint density at radius 2 is 0.844 bits per heavy atom. The summed E-state index contributed by atoms with van der Waals surface area (Å²) >= 11 is 0. The molecule has 6 aromatic carbocycles. The largest absolute Gasteiger partial charge is 0.398 e. The molecule has 1 aliphatic carbocycles. The number of rotatable bonds is 6. The quantitative estimate of drug-likeness (QED) is 0.158. The van der Waals surface area contributed by atoms with Gasteiger partial charge in [0.15, 0.2) is 17.3 Å². The van der Waals surface area contributed by atoms with Gasteiger partial charge in [-0.05, 0) is 46.5 Å². The monoisotopic (exact) mass is 584 g/mol. The van der Waals surface area contributed by atoms with Crippen molar-refractivity contribution in [3.8, 4) is 0 Å². The smallest absolute Gasteiger partial charge is 0.195 e. The van der Waals surface area contributed by atoms with Crippen LogP contribution in [-0.2, 0) is 5.41 Å². The molecular formula is C40H28N2O3. The molecule has 5 heteroatoms. The number of ketones is 3. The van der Waals surface area contributed by atoms with E-state index in [4.69, 9.17) is 11.5 Å². The van der Waals surface area contributed by atoms with Crippen LogP contribution in [0.3, 0.4) is 0 Å². The second-order valence-electron chi connectivity index (χ2n) is 11.2. The lowest BCUT2D eigenvalue weighted by atomic mass is 9.59. The minimum Gasteiger partial charge on any atom is -0.398 e. The topological polar surface area (TPSA) is 103 Å². The van der Waals surface area contributed by atoms with E-state index in [2.05, 4.69) is 0 Å². The van der Waals surface area contributed by atoms with Crippen molar-refractivity contribution in [1.82, 2.24) is 0 Å². The van der Waals surface area contributed by atoms with E-state index < -0.39 is 5.41 Å². The van der Waals surface area contributed by atoms with E-state index in [-0.39, 0.29) is 17.3 Å². The highest BCUT2D eigenvalue weighted by Gasteiger charge is 2.47. The zero-order valence-electron chi connectivity index (χ0n) is 24.2. The van der Waals surface area contributed by atoms with Crippen molar-refractivity contribution < 1.29 is 14.4 Å². The van der Waals surface area contributed by atoms with Gasteiger partial charge in [-0.2, -0.15) is 0 Å². The number of nitrogen functional groups attached to an aromatic ring is 2. The van der Waals surface area contributed by atoms with Crippen molar-refractivity contribution in [2.45, 2.75) is 5.41 Å². The molecule has 216 valence electrons. The molecule has 0 unspecified atom stereocenters. The Labute approximate surface area is 260 Å². The lowest BCUT2D eigenvalue weighted by Crippen LogP contribution is -2.38. The number of fused-ring (bicyclic) bond motifs is 2. The van der Waals surface area contributed by atoms with E-state index in [1.165, 1.54) is 0 Å². The molecule has 0 saturated carbocycles. The number of hydrogen-bond acceptors (Lipinski definition) is 5. The van der Waals surface area contributed by atoms with Gasteiger partial charge in [0.1, 0.15) is 0 Å². The van der Waals surface area contributed by atoms with Crippen LogP contribution >= 0.6 is 0 Å². The van der Waals surface area contributed by atoms with Gasteiger partial charge in [0, 0.05) is 44.8 Å². The molecule has 0 aliphatic heterocycles. The van der Waals surface area contributed by atoms with Gasteiger partial charge in [0.2, 0.25) is 0 Å². The number of anilines is 2. The van der Waals surface area contributed by atoms with Gasteiger partial charge in [0.25, 0.3) is 0 Å². The summed E-state index contributed by atoms with van der Waals surface area (Å²) in [5.41, 5.74) is 18.2. The first kappa shape index (κ1) is 27.7. The predicted molar refractivity (Wildman–Crippen MR) is 177 cm³/mol. The molecule has 0 bridgehead atoms. The van der Waals surface area contributed by atoms with Crippen LogP contribution in [0.1, 0.15) is 70.0 Å². The predicted octanol–water partition coefficient (Wildman–Crippen LogP) is 7.24. The van der Waals surface area contributed by atoms with Gasteiger partial charge in [-0.3, -0.25) is 14.4 Å². The van der Waals surface area contributed by atoms with Crippen molar-refractivity contribution in [1.29, 1.82) is 0 Å². The molecular weight excluding hydrogens is 556 g/mol. The number of carbonyl (C=O) groups excluding carboxylic acids is 3. The molecule has 0 heterocycles. The van der Waals surface area contributed by atoms with E-state index in [9.17, 15) is 14.4 Å². The average Bonchev–Trinajstić information content (AvgIpc) is 3.10. The van der Waals surface area contributed by atoms with Gasteiger partial charge in [-0.25, -0.2) is 0 Å². The zero-order chi connectivity index (χ0) is 31.1. The normalized spacial score (nSPS) is 13.0. The summed E-state index contributed by atoms with van der Waals surface area (Å²) in [6.07, 6.45) is 0. The number of hydrogen-bond donors (Lipinski definition) is 2. The number of carbonyl (C=O) groups is 3. The van der Waals surface area contributed by atoms with Crippen LogP contribution in [0.4, 0.5) is 11.4 Å². The highest BCUT2D eigenvalue weighted by atomic mass is 16.1. The first-order valence-corrected chi connectivity index (χ1v) is 14.6. The van der Waals surface area contributed by atoms with Gasteiger partial charge < -0.3 is 11.5 Å². The maximum atomic E-state index is 13.9. The summed E-state index contributed by atoms with van der Waals surface area (Å²) in [4.78, 5) is 41.6. The van der Waals surface area contributed by atoms with Gasteiger partial charge >= 0.3 is 0 Å². The summed E-state index contributed by atoms with van der Waals surface area (Å²) in [6, 6.07) is 43.9. The zero-order valence-corrected chi connectivity index (χ0v) is 24.2. The fraction of sp³-hybridized carbons (Fsp3) is 0.0250. The Morgan fingerprint density at radius 3 is 1.27 bits per heavy atom. The third-order valence-corrected chi connectivity index (χ3v) is 8.69. The first-order chi connectivity index (χ1) is 21.9. The van der Waals surface area contributed by atoms with Gasteiger partial charge in [-0.15, -0.1) is 0 Å². The summed E-state index contributed by atoms with van der Waals surface area (Å²) in [5.74, 6) is -0.518. The SMILES string of the molecule is Nc1ccc(C2(c3ccc(N)c(C(=O)c4ccccc4)c3)c3ccccc3C(=O)c3ccccc32)cc1C(=O)c1ccccc1. The second-order valence-corrected chi connectivity index (χ2v) is 11.2. The molecule has 6 aromatic rings. The van der Waals surface area contributed by atoms with Crippen LogP contribution < -0.4 is 11.5 Å². The molecule has 7 rings (SSSR count). The minimum atomic E-state index is -1.10. The van der Waals surface area contributed by atoms with Gasteiger partial charge in [0.05, 0.1) is 5.41 Å². The minimum absolute atomic E-state index is 0.0936. The van der Waals surface area contributed by atoms with Crippen molar-refractivity contribution in [3.63, 3.8) is 0 Å². The summed E-state index contributed by atoms with van der Waals surface area (Å²) in [6.45, 7) is 0. The van der Waals surface area contributed by atoms with Gasteiger partial charge in [-0.1, -0.05) is 121 Å². The van der Waals surface area contributed by atoms with E-state index in [0.29, 0.717) is 44.8 Å². The Balaban J connectivity index is 1.57. The van der Waals surface area contributed by atoms with E-state index >= 15 is 0 Å². The fourth-order valence-electron chi connectivity index (χ4n) is 6.56. The standard InChI is InChI=1S/C40H28N2O3/c41-35-21-19-27(23-31(35)37(43)25-11-3-1-4-12-25)40(28-20-22-36(42)32(24-28)38(44)26-13-5-2-6-14-26)33-17-9-7-15-29(33)39(45)30-16-8-10-18-34(30)40/h1-24H,41-42H2. The third-order valence-electron chi connectivity index (χ3n) is 8.69. The molecule has 0 radical (unpaired) electrons. The molecule has 45 heavy (non-hydrogen) atoms. The highest BCUT2D eigenvalue weighted by Crippen LogP contribution is 2.51. The molecule has 0 saturated heterocycles. The van der Waals surface area contributed by atoms with Crippen LogP contribution in [0.15, 0.2) is 146 Å².